The smallest absolute Gasteiger partial charge is 0.262 e. The lowest BCUT2D eigenvalue weighted by molar-refractivity contribution is -0.114. The van der Waals surface area contributed by atoms with Crippen LogP contribution in [0.25, 0.3) is 0 Å². The van der Waals surface area contributed by atoms with Gasteiger partial charge >= 0.3 is 0 Å². The first-order chi connectivity index (χ1) is 20.2. The van der Waals surface area contributed by atoms with Gasteiger partial charge in [-0.3, -0.25) is 9.59 Å². The van der Waals surface area contributed by atoms with Crippen molar-refractivity contribution in [1.82, 2.24) is 14.9 Å². The number of carbonyl (C=O) groups excluding carboxylic acids is 2. The van der Waals surface area contributed by atoms with E-state index in [1.165, 1.54) is 18.8 Å². The van der Waals surface area contributed by atoms with E-state index in [4.69, 9.17) is 4.74 Å². The number of anilines is 5. The number of carbonyl (C=O) groups is 2. The topological polar surface area (TPSA) is 112 Å². The summed E-state index contributed by atoms with van der Waals surface area (Å²) >= 11 is 0. The van der Waals surface area contributed by atoms with Gasteiger partial charge in [-0.25, -0.2) is 4.98 Å². The quantitative estimate of drug-likeness (QED) is 0.254. The van der Waals surface area contributed by atoms with Gasteiger partial charge in [0.05, 0.1) is 0 Å². The molecule has 0 spiro atoms. The molecule has 0 radical (unpaired) electrons. The first-order valence-corrected chi connectivity index (χ1v) is 13.9. The number of aromatic nitrogens is 2. The third-order valence-corrected chi connectivity index (χ3v) is 7.10. The predicted molar refractivity (Wildman–Crippen MR) is 166 cm³/mol. The molecule has 1 saturated heterocycles. The van der Waals surface area contributed by atoms with E-state index < -0.39 is 0 Å². The number of para-hydroxylation sites is 1. The van der Waals surface area contributed by atoms with Crippen LogP contribution in [0, 0.1) is 13.8 Å². The Labute approximate surface area is 245 Å². The van der Waals surface area contributed by atoms with Crippen molar-refractivity contribution >= 4 is 40.5 Å². The van der Waals surface area contributed by atoms with Gasteiger partial charge in [0.2, 0.25) is 17.7 Å². The number of rotatable bonds is 8. The normalized spacial score (nSPS) is 13.4. The molecule has 4 aromatic rings. The zero-order valence-electron chi connectivity index (χ0n) is 24.3. The predicted octanol–water partition coefficient (Wildman–Crippen LogP) is 5.59. The van der Waals surface area contributed by atoms with Crippen LogP contribution in [-0.2, 0) is 4.79 Å². The number of nitrogens with zero attached hydrogens (tertiary/aromatic N) is 4. The van der Waals surface area contributed by atoms with Gasteiger partial charge < -0.3 is 30.5 Å². The fourth-order valence-electron chi connectivity index (χ4n) is 4.72. The molecule has 0 aliphatic carbocycles. The molecule has 3 N–H and O–H groups in total. The van der Waals surface area contributed by atoms with E-state index in [1.807, 2.05) is 44.2 Å². The number of nitrogens with one attached hydrogen (secondary N) is 3. The summed E-state index contributed by atoms with van der Waals surface area (Å²) in [5.74, 6) is 0.275. The Hall–Kier alpha value is -4.96. The highest BCUT2D eigenvalue weighted by Gasteiger charge is 2.19. The number of aryl methyl sites for hydroxylation is 2. The van der Waals surface area contributed by atoms with E-state index >= 15 is 0 Å². The number of likely N-dealkylation sites (N-methyl/N-ethyl adjacent to an activating group) is 1. The fraction of sp³-hybridized carbons (Fsp3) is 0.250. The first-order valence-electron chi connectivity index (χ1n) is 13.9. The molecule has 0 bridgehead atoms. The molecule has 42 heavy (non-hydrogen) atoms. The van der Waals surface area contributed by atoms with Crippen molar-refractivity contribution in [2.75, 3.05) is 54.1 Å². The SMILES string of the molecule is CC(=O)Nc1ccc(Oc2nc(Nc3ccc(N4CCN(C)CC4)cc3)ncc2C(=O)Nc2c(C)cccc2C)cc1. The molecular formula is C32H35N7O3. The van der Waals surface area contributed by atoms with Gasteiger partial charge in [0, 0.05) is 62.0 Å². The zero-order chi connectivity index (χ0) is 29.6. The van der Waals surface area contributed by atoms with Crippen molar-refractivity contribution in [2.24, 2.45) is 0 Å². The molecular weight excluding hydrogens is 530 g/mol. The Morgan fingerprint density at radius 3 is 2.12 bits per heavy atom. The maximum Gasteiger partial charge on any atom is 0.262 e. The van der Waals surface area contributed by atoms with Gasteiger partial charge in [-0.1, -0.05) is 18.2 Å². The van der Waals surface area contributed by atoms with Crippen LogP contribution in [0.1, 0.15) is 28.4 Å². The monoisotopic (exact) mass is 565 g/mol. The van der Waals surface area contributed by atoms with Crippen molar-refractivity contribution in [1.29, 1.82) is 0 Å². The standard InChI is InChI=1S/C32H35N7O3/c1-21-6-5-7-22(2)29(21)36-30(41)28-20-33-32(37-31(28)42-27-14-10-24(11-15-27)34-23(3)40)35-25-8-12-26(13-9-25)39-18-16-38(4)17-19-39/h5-15,20H,16-19H2,1-4H3,(H,34,40)(H,36,41)(H,33,35,37). The van der Waals surface area contributed by atoms with E-state index in [2.05, 4.69) is 54.9 Å². The third-order valence-electron chi connectivity index (χ3n) is 7.10. The van der Waals surface area contributed by atoms with Crippen LogP contribution in [0.3, 0.4) is 0 Å². The highest BCUT2D eigenvalue weighted by atomic mass is 16.5. The highest BCUT2D eigenvalue weighted by Crippen LogP contribution is 2.29. The Morgan fingerprint density at radius 2 is 1.48 bits per heavy atom. The summed E-state index contributed by atoms with van der Waals surface area (Å²) in [6.07, 6.45) is 1.46. The van der Waals surface area contributed by atoms with E-state index in [9.17, 15) is 9.59 Å². The number of hydrogen-bond acceptors (Lipinski definition) is 8. The fourth-order valence-corrected chi connectivity index (χ4v) is 4.72. The summed E-state index contributed by atoms with van der Waals surface area (Å²) < 4.78 is 6.10. The lowest BCUT2D eigenvalue weighted by Gasteiger charge is -2.34. The van der Waals surface area contributed by atoms with Crippen LogP contribution in [0.2, 0.25) is 0 Å². The minimum atomic E-state index is -0.389. The Bertz CT molecular complexity index is 1540. The van der Waals surface area contributed by atoms with E-state index in [1.54, 1.807) is 24.3 Å². The summed E-state index contributed by atoms with van der Waals surface area (Å²) in [4.78, 5) is 38.5. The van der Waals surface area contributed by atoms with Crippen LogP contribution in [0.5, 0.6) is 11.6 Å². The molecule has 1 aliphatic heterocycles. The van der Waals surface area contributed by atoms with Gasteiger partial charge in [0.15, 0.2) is 0 Å². The average molecular weight is 566 g/mol. The molecule has 2 heterocycles. The van der Waals surface area contributed by atoms with E-state index in [0.717, 1.165) is 48.7 Å². The second kappa shape index (κ2) is 12.7. The van der Waals surface area contributed by atoms with Gasteiger partial charge in [0.1, 0.15) is 11.3 Å². The minimum absolute atomic E-state index is 0.0950. The summed E-state index contributed by atoms with van der Waals surface area (Å²) in [6.45, 7) is 9.38. The molecule has 10 nitrogen and oxygen atoms in total. The molecule has 1 fully saturated rings. The van der Waals surface area contributed by atoms with E-state index in [-0.39, 0.29) is 29.2 Å². The molecule has 1 aliphatic rings. The molecule has 0 atom stereocenters. The molecule has 1 aromatic heterocycles. The van der Waals surface area contributed by atoms with Crippen LogP contribution in [0.4, 0.5) is 28.7 Å². The summed E-state index contributed by atoms with van der Waals surface area (Å²) in [5, 5.41) is 8.94. The van der Waals surface area contributed by atoms with Crippen molar-refractivity contribution in [2.45, 2.75) is 20.8 Å². The first kappa shape index (κ1) is 28.6. The maximum absolute atomic E-state index is 13.4. The average Bonchev–Trinajstić information content (AvgIpc) is 2.97. The molecule has 2 amide bonds. The van der Waals surface area contributed by atoms with Crippen molar-refractivity contribution in [3.05, 3.63) is 89.6 Å². The number of hydrogen-bond donors (Lipinski definition) is 3. The maximum atomic E-state index is 13.4. The number of benzene rings is 3. The lowest BCUT2D eigenvalue weighted by atomic mass is 10.1. The Kier molecular flexibility index (Phi) is 8.63. The Balaban J connectivity index is 1.39. The summed E-state index contributed by atoms with van der Waals surface area (Å²) in [7, 11) is 2.14. The second-order valence-electron chi connectivity index (χ2n) is 10.4. The van der Waals surface area contributed by atoms with Gasteiger partial charge in [-0.2, -0.15) is 4.98 Å². The van der Waals surface area contributed by atoms with Gasteiger partial charge in [-0.05, 0) is 80.6 Å². The molecule has 216 valence electrons. The summed E-state index contributed by atoms with van der Waals surface area (Å²) in [6, 6.07) is 20.8. The van der Waals surface area contributed by atoms with Crippen molar-refractivity contribution < 1.29 is 14.3 Å². The van der Waals surface area contributed by atoms with Crippen molar-refractivity contribution in [3.8, 4) is 11.6 Å². The largest absolute Gasteiger partial charge is 0.438 e. The number of ether oxygens (including phenoxy) is 1. The number of amides is 2. The van der Waals surface area contributed by atoms with E-state index in [0.29, 0.717) is 11.4 Å². The minimum Gasteiger partial charge on any atom is -0.438 e. The van der Waals surface area contributed by atoms with Crippen LogP contribution in [-0.4, -0.2) is 59.9 Å². The van der Waals surface area contributed by atoms with Gasteiger partial charge in [-0.15, -0.1) is 0 Å². The molecule has 10 heteroatoms. The molecule has 3 aromatic carbocycles. The van der Waals surface area contributed by atoms with Crippen LogP contribution >= 0.6 is 0 Å². The van der Waals surface area contributed by atoms with Crippen LogP contribution < -0.4 is 25.6 Å². The molecule has 0 saturated carbocycles. The molecule has 5 rings (SSSR count). The summed E-state index contributed by atoms with van der Waals surface area (Å²) in [5.41, 5.74) is 5.41. The Morgan fingerprint density at radius 1 is 0.833 bits per heavy atom. The third kappa shape index (κ3) is 7.02. The zero-order valence-corrected chi connectivity index (χ0v) is 24.3. The second-order valence-corrected chi connectivity index (χ2v) is 10.4. The van der Waals surface area contributed by atoms with Crippen LogP contribution in [0.15, 0.2) is 72.9 Å². The van der Waals surface area contributed by atoms with Crippen molar-refractivity contribution in [3.63, 3.8) is 0 Å². The lowest BCUT2D eigenvalue weighted by Crippen LogP contribution is -2.44. The van der Waals surface area contributed by atoms with Gasteiger partial charge in [0.25, 0.3) is 5.91 Å². The highest BCUT2D eigenvalue weighted by molar-refractivity contribution is 6.06. The number of piperazine rings is 1. The molecule has 0 unspecified atom stereocenters.